The standard InChI is InChI=1S/C12H17NO4/c1-17-12(16)10-4-2-9(3-5-10)6-13-7-11(15)8-14/h2-5,11,13-15H,6-8H2,1H3. The Bertz CT molecular complexity index is 350. The normalized spacial score (nSPS) is 12.2. The van der Waals surface area contributed by atoms with Gasteiger partial charge in [0.1, 0.15) is 0 Å². The Hall–Kier alpha value is -1.43. The van der Waals surface area contributed by atoms with Crippen LogP contribution in [-0.4, -0.2) is 42.5 Å². The molecule has 1 aromatic carbocycles. The zero-order chi connectivity index (χ0) is 12.7. The number of esters is 1. The first-order chi connectivity index (χ1) is 8.17. The van der Waals surface area contributed by atoms with E-state index in [0.29, 0.717) is 18.7 Å². The van der Waals surface area contributed by atoms with Crippen LogP contribution in [0.3, 0.4) is 0 Å². The zero-order valence-electron chi connectivity index (χ0n) is 9.72. The molecule has 5 heteroatoms. The van der Waals surface area contributed by atoms with Gasteiger partial charge in [0.2, 0.25) is 0 Å². The Kier molecular flexibility index (Phi) is 5.62. The lowest BCUT2D eigenvalue weighted by atomic mass is 10.1. The van der Waals surface area contributed by atoms with Gasteiger partial charge in [0.15, 0.2) is 0 Å². The van der Waals surface area contributed by atoms with Gasteiger partial charge >= 0.3 is 5.97 Å². The van der Waals surface area contributed by atoms with Crippen LogP contribution in [0.1, 0.15) is 15.9 Å². The van der Waals surface area contributed by atoms with Gasteiger partial charge in [-0.3, -0.25) is 0 Å². The summed E-state index contributed by atoms with van der Waals surface area (Å²) >= 11 is 0. The number of carbonyl (C=O) groups is 1. The molecule has 0 radical (unpaired) electrons. The maximum Gasteiger partial charge on any atom is 0.337 e. The molecule has 0 bridgehead atoms. The summed E-state index contributed by atoms with van der Waals surface area (Å²) in [6.07, 6.45) is -0.746. The quantitative estimate of drug-likeness (QED) is 0.605. The largest absolute Gasteiger partial charge is 0.465 e. The average molecular weight is 239 g/mol. The number of methoxy groups -OCH3 is 1. The van der Waals surface area contributed by atoms with Crippen molar-refractivity contribution in [2.75, 3.05) is 20.3 Å². The molecule has 0 aliphatic rings. The summed E-state index contributed by atoms with van der Waals surface area (Å²) in [5.41, 5.74) is 1.49. The second-order valence-corrected chi connectivity index (χ2v) is 3.66. The number of hydrogen-bond acceptors (Lipinski definition) is 5. The number of aliphatic hydroxyl groups excluding tert-OH is 2. The molecule has 0 amide bonds. The SMILES string of the molecule is COC(=O)c1ccc(CNCC(O)CO)cc1. The molecule has 3 N–H and O–H groups in total. The molecule has 1 unspecified atom stereocenters. The van der Waals surface area contributed by atoms with Crippen LogP contribution in [-0.2, 0) is 11.3 Å². The summed E-state index contributed by atoms with van der Waals surface area (Å²) in [6.45, 7) is 0.641. The lowest BCUT2D eigenvalue weighted by Crippen LogP contribution is -2.28. The van der Waals surface area contributed by atoms with Crippen molar-refractivity contribution in [3.63, 3.8) is 0 Å². The van der Waals surface area contributed by atoms with E-state index >= 15 is 0 Å². The third-order valence-corrected chi connectivity index (χ3v) is 2.29. The molecule has 94 valence electrons. The van der Waals surface area contributed by atoms with Gasteiger partial charge in [0, 0.05) is 13.1 Å². The third-order valence-electron chi connectivity index (χ3n) is 2.29. The van der Waals surface area contributed by atoms with Crippen LogP contribution in [0, 0.1) is 0 Å². The van der Waals surface area contributed by atoms with E-state index < -0.39 is 6.10 Å². The van der Waals surface area contributed by atoms with Crippen molar-refractivity contribution in [1.82, 2.24) is 5.32 Å². The van der Waals surface area contributed by atoms with Crippen LogP contribution in [0.5, 0.6) is 0 Å². The van der Waals surface area contributed by atoms with E-state index in [2.05, 4.69) is 10.1 Å². The predicted octanol–water partition coefficient (Wildman–Crippen LogP) is -0.0840. The second-order valence-electron chi connectivity index (χ2n) is 3.66. The molecule has 5 nitrogen and oxygen atoms in total. The predicted molar refractivity (Wildman–Crippen MR) is 62.6 cm³/mol. The summed E-state index contributed by atoms with van der Waals surface area (Å²) in [4.78, 5) is 11.2. The van der Waals surface area contributed by atoms with Crippen molar-refractivity contribution in [3.8, 4) is 0 Å². The fraction of sp³-hybridized carbons (Fsp3) is 0.417. The van der Waals surface area contributed by atoms with E-state index in [1.54, 1.807) is 12.1 Å². The number of nitrogens with one attached hydrogen (secondary N) is 1. The molecule has 0 heterocycles. The zero-order valence-corrected chi connectivity index (χ0v) is 9.72. The van der Waals surface area contributed by atoms with Gasteiger partial charge in [-0.2, -0.15) is 0 Å². The molecule has 0 saturated heterocycles. The minimum atomic E-state index is -0.746. The van der Waals surface area contributed by atoms with Gasteiger partial charge in [0.05, 0.1) is 25.4 Å². The van der Waals surface area contributed by atoms with E-state index in [-0.39, 0.29) is 12.6 Å². The summed E-state index contributed by atoms with van der Waals surface area (Å²) in [6, 6.07) is 6.99. The molecule has 1 rings (SSSR count). The molecule has 0 aromatic heterocycles. The van der Waals surface area contributed by atoms with Crippen LogP contribution in [0.25, 0.3) is 0 Å². The molecule has 17 heavy (non-hydrogen) atoms. The highest BCUT2D eigenvalue weighted by Gasteiger charge is 2.04. The Morgan fingerprint density at radius 1 is 1.41 bits per heavy atom. The van der Waals surface area contributed by atoms with Crippen LogP contribution in [0.2, 0.25) is 0 Å². The smallest absolute Gasteiger partial charge is 0.337 e. The topological polar surface area (TPSA) is 78.8 Å². The van der Waals surface area contributed by atoms with Crippen molar-refractivity contribution >= 4 is 5.97 Å². The monoisotopic (exact) mass is 239 g/mol. The Morgan fingerprint density at radius 2 is 2.06 bits per heavy atom. The summed E-state index contributed by atoms with van der Waals surface area (Å²) < 4.78 is 4.59. The van der Waals surface area contributed by atoms with Gasteiger partial charge in [-0.1, -0.05) is 12.1 Å². The summed E-state index contributed by atoms with van der Waals surface area (Å²) in [5.74, 6) is -0.361. The Morgan fingerprint density at radius 3 is 2.59 bits per heavy atom. The van der Waals surface area contributed by atoms with Crippen LogP contribution in [0.15, 0.2) is 24.3 Å². The summed E-state index contributed by atoms with van der Waals surface area (Å²) in [5, 5.41) is 20.7. The fourth-order valence-corrected chi connectivity index (χ4v) is 1.32. The highest BCUT2D eigenvalue weighted by Crippen LogP contribution is 2.05. The maximum absolute atomic E-state index is 11.2. The Labute approximate surface area is 100 Å². The second kappa shape index (κ2) is 7.01. The third kappa shape index (κ3) is 4.52. The van der Waals surface area contributed by atoms with Crippen molar-refractivity contribution in [1.29, 1.82) is 0 Å². The molecule has 0 aliphatic heterocycles. The number of carbonyl (C=O) groups excluding carboxylic acids is 1. The van der Waals surface area contributed by atoms with E-state index in [4.69, 9.17) is 10.2 Å². The summed E-state index contributed by atoms with van der Waals surface area (Å²) in [7, 11) is 1.34. The maximum atomic E-state index is 11.2. The first-order valence-corrected chi connectivity index (χ1v) is 5.34. The molecule has 0 fully saturated rings. The minimum absolute atomic E-state index is 0.256. The van der Waals surface area contributed by atoms with Crippen LogP contribution >= 0.6 is 0 Å². The number of rotatable bonds is 6. The van der Waals surface area contributed by atoms with Gasteiger partial charge in [-0.15, -0.1) is 0 Å². The molecule has 0 spiro atoms. The average Bonchev–Trinajstić information content (AvgIpc) is 2.38. The van der Waals surface area contributed by atoms with Gasteiger partial charge in [-0.05, 0) is 17.7 Å². The first kappa shape index (κ1) is 13.6. The molecule has 1 aromatic rings. The van der Waals surface area contributed by atoms with Crippen LogP contribution < -0.4 is 5.32 Å². The lowest BCUT2D eigenvalue weighted by molar-refractivity contribution is 0.0600. The molecule has 0 saturated carbocycles. The van der Waals surface area contributed by atoms with Crippen molar-refractivity contribution in [3.05, 3.63) is 35.4 Å². The van der Waals surface area contributed by atoms with E-state index in [1.165, 1.54) is 7.11 Å². The van der Waals surface area contributed by atoms with Crippen LogP contribution in [0.4, 0.5) is 0 Å². The molecular weight excluding hydrogens is 222 g/mol. The number of aliphatic hydroxyl groups is 2. The Balaban J connectivity index is 2.43. The minimum Gasteiger partial charge on any atom is -0.465 e. The van der Waals surface area contributed by atoms with Crippen molar-refractivity contribution < 1.29 is 19.7 Å². The van der Waals surface area contributed by atoms with Gasteiger partial charge in [0.25, 0.3) is 0 Å². The molecule has 1 atom stereocenters. The fourth-order valence-electron chi connectivity index (χ4n) is 1.32. The van der Waals surface area contributed by atoms with Crippen molar-refractivity contribution in [2.45, 2.75) is 12.6 Å². The van der Waals surface area contributed by atoms with E-state index in [9.17, 15) is 4.79 Å². The van der Waals surface area contributed by atoms with E-state index in [1.807, 2.05) is 12.1 Å². The lowest BCUT2D eigenvalue weighted by Gasteiger charge is -2.09. The van der Waals surface area contributed by atoms with Crippen molar-refractivity contribution in [2.24, 2.45) is 0 Å². The molecular formula is C12H17NO4. The highest BCUT2D eigenvalue weighted by atomic mass is 16.5. The number of hydrogen-bond donors (Lipinski definition) is 3. The van der Waals surface area contributed by atoms with Gasteiger partial charge in [-0.25, -0.2) is 4.79 Å². The van der Waals surface area contributed by atoms with E-state index in [0.717, 1.165) is 5.56 Å². The van der Waals surface area contributed by atoms with Gasteiger partial charge < -0.3 is 20.3 Å². The first-order valence-electron chi connectivity index (χ1n) is 5.34. The molecule has 0 aliphatic carbocycles. The number of ether oxygens (including phenoxy) is 1. The number of benzene rings is 1. The highest BCUT2D eigenvalue weighted by molar-refractivity contribution is 5.89.